The number of carbonyl (C=O) groups is 1. The molecule has 1 saturated heterocycles. The van der Waals surface area contributed by atoms with Crippen molar-refractivity contribution in [3.63, 3.8) is 0 Å². The van der Waals surface area contributed by atoms with Crippen LogP contribution in [0.25, 0.3) is 0 Å². The van der Waals surface area contributed by atoms with Crippen molar-refractivity contribution in [1.82, 2.24) is 10.2 Å². The molecule has 1 amide bonds. The molecule has 130 valence electrons. The smallest absolute Gasteiger partial charge is 0.220 e. The van der Waals surface area contributed by atoms with Gasteiger partial charge in [0.25, 0.3) is 0 Å². The van der Waals surface area contributed by atoms with Crippen molar-refractivity contribution in [2.75, 3.05) is 33.3 Å². The lowest BCUT2D eigenvalue weighted by Crippen LogP contribution is -2.26. The maximum atomic E-state index is 11.8. The first-order chi connectivity index (χ1) is 10.8. The van der Waals surface area contributed by atoms with E-state index in [0.29, 0.717) is 6.42 Å². The Kier molecular flexibility index (Phi) is 9.72. The lowest BCUT2D eigenvalue weighted by atomic mass is 10.1. The fourth-order valence-electron chi connectivity index (χ4n) is 2.83. The first kappa shape index (κ1) is 19.8. The second kappa shape index (κ2) is 11.3. The Morgan fingerprint density at radius 3 is 2.52 bits per heavy atom. The van der Waals surface area contributed by atoms with Crippen molar-refractivity contribution in [2.45, 2.75) is 38.5 Å². The molecule has 0 bridgehead atoms. The zero-order valence-corrected chi connectivity index (χ0v) is 14.9. The second-order valence-corrected chi connectivity index (χ2v) is 5.95. The molecule has 1 heterocycles. The topological polar surface area (TPSA) is 41.6 Å². The van der Waals surface area contributed by atoms with E-state index in [9.17, 15) is 4.79 Å². The Balaban J connectivity index is 0.00000264. The summed E-state index contributed by atoms with van der Waals surface area (Å²) in [4.78, 5) is 14.3. The van der Waals surface area contributed by atoms with Gasteiger partial charge in [-0.2, -0.15) is 0 Å². The summed E-state index contributed by atoms with van der Waals surface area (Å²) < 4.78 is 5.12. The number of ether oxygens (including phenoxy) is 1. The molecule has 0 atom stereocenters. The van der Waals surface area contributed by atoms with Gasteiger partial charge in [0.1, 0.15) is 5.75 Å². The molecule has 1 N–H and O–H groups in total. The van der Waals surface area contributed by atoms with Gasteiger partial charge in [-0.05, 0) is 69.4 Å². The predicted molar refractivity (Wildman–Crippen MR) is 96.5 cm³/mol. The molecule has 2 rings (SSSR count). The van der Waals surface area contributed by atoms with Gasteiger partial charge in [0, 0.05) is 13.0 Å². The first-order valence-electron chi connectivity index (χ1n) is 8.40. The second-order valence-electron chi connectivity index (χ2n) is 5.95. The summed E-state index contributed by atoms with van der Waals surface area (Å²) in [7, 11) is 1.66. The van der Waals surface area contributed by atoms with Crippen LogP contribution in [0.1, 0.15) is 37.7 Å². The molecule has 1 aliphatic heterocycles. The van der Waals surface area contributed by atoms with Crippen LogP contribution in [0.2, 0.25) is 0 Å². The zero-order chi connectivity index (χ0) is 15.6. The van der Waals surface area contributed by atoms with E-state index in [2.05, 4.69) is 10.2 Å². The monoisotopic (exact) mass is 340 g/mol. The third kappa shape index (κ3) is 7.71. The van der Waals surface area contributed by atoms with Crippen LogP contribution in [0, 0.1) is 0 Å². The molecule has 0 aliphatic carbocycles. The van der Waals surface area contributed by atoms with Crippen LogP contribution in [0.15, 0.2) is 24.3 Å². The van der Waals surface area contributed by atoms with Gasteiger partial charge >= 0.3 is 0 Å². The third-order valence-corrected chi connectivity index (χ3v) is 4.22. The Morgan fingerprint density at radius 2 is 1.87 bits per heavy atom. The Bertz CT molecular complexity index is 445. The predicted octanol–water partition coefficient (Wildman–Crippen LogP) is 3.04. The van der Waals surface area contributed by atoms with Crippen molar-refractivity contribution < 1.29 is 9.53 Å². The van der Waals surface area contributed by atoms with Gasteiger partial charge in [-0.25, -0.2) is 0 Å². The molecular weight excluding hydrogens is 312 g/mol. The summed E-state index contributed by atoms with van der Waals surface area (Å²) in [6, 6.07) is 7.90. The van der Waals surface area contributed by atoms with E-state index in [4.69, 9.17) is 4.74 Å². The molecular formula is C18H29ClN2O2. The SMILES string of the molecule is COc1ccc(CCC(=O)NCCCCN2CCCC2)cc1.Cl. The highest BCUT2D eigenvalue weighted by Gasteiger charge is 2.10. The van der Waals surface area contributed by atoms with E-state index >= 15 is 0 Å². The van der Waals surface area contributed by atoms with Crippen LogP contribution in [-0.2, 0) is 11.2 Å². The van der Waals surface area contributed by atoms with Crippen molar-refractivity contribution in [3.8, 4) is 5.75 Å². The highest BCUT2D eigenvalue weighted by Crippen LogP contribution is 2.12. The minimum absolute atomic E-state index is 0. The number of methoxy groups -OCH3 is 1. The van der Waals surface area contributed by atoms with Gasteiger partial charge in [-0.15, -0.1) is 12.4 Å². The van der Waals surface area contributed by atoms with Crippen molar-refractivity contribution in [2.24, 2.45) is 0 Å². The van der Waals surface area contributed by atoms with Crippen LogP contribution in [-0.4, -0.2) is 44.1 Å². The van der Waals surface area contributed by atoms with Crippen LogP contribution < -0.4 is 10.1 Å². The molecule has 1 aromatic carbocycles. The van der Waals surface area contributed by atoms with Crippen LogP contribution in [0.4, 0.5) is 0 Å². The summed E-state index contributed by atoms with van der Waals surface area (Å²) in [5.41, 5.74) is 1.17. The molecule has 0 aromatic heterocycles. The number of likely N-dealkylation sites (tertiary alicyclic amines) is 1. The first-order valence-corrected chi connectivity index (χ1v) is 8.40. The van der Waals surface area contributed by atoms with Crippen LogP contribution in [0.3, 0.4) is 0 Å². The van der Waals surface area contributed by atoms with Crippen molar-refractivity contribution in [1.29, 1.82) is 0 Å². The summed E-state index contributed by atoms with van der Waals surface area (Å²) in [6.45, 7) is 4.50. The Morgan fingerprint density at radius 1 is 1.17 bits per heavy atom. The van der Waals surface area contributed by atoms with Gasteiger partial charge in [0.15, 0.2) is 0 Å². The number of carbonyl (C=O) groups excluding carboxylic acids is 1. The highest BCUT2D eigenvalue weighted by atomic mass is 35.5. The third-order valence-electron chi connectivity index (χ3n) is 4.22. The lowest BCUT2D eigenvalue weighted by Gasteiger charge is -2.14. The molecule has 4 nitrogen and oxygen atoms in total. The number of hydrogen-bond acceptors (Lipinski definition) is 3. The summed E-state index contributed by atoms with van der Waals surface area (Å²) >= 11 is 0. The number of hydrogen-bond donors (Lipinski definition) is 1. The van der Waals surface area contributed by atoms with E-state index in [1.807, 2.05) is 24.3 Å². The van der Waals surface area contributed by atoms with Crippen LogP contribution >= 0.6 is 12.4 Å². The molecule has 0 spiro atoms. The average molecular weight is 341 g/mol. The Labute approximate surface area is 146 Å². The van der Waals surface area contributed by atoms with Gasteiger partial charge in [0.2, 0.25) is 5.91 Å². The molecule has 1 aliphatic rings. The van der Waals surface area contributed by atoms with E-state index in [1.54, 1.807) is 7.11 Å². The largest absolute Gasteiger partial charge is 0.497 e. The molecule has 1 fully saturated rings. The summed E-state index contributed by atoms with van der Waals surface area (Å²) in [5, 5.41) is 3.02. The molecule has 0 saturated carbocycles. The van der Waals surface area contributed by atoms with E-state index in [1.165, 1.54) is 44.5 Å². The number of nitrogens with one attached hydrogen (secondary N) is 1. The minimum Gasteiger partial charge on any atom is -0.497 e. The van der Waals surface area contributed by atoms with E-state index in [-0.39, 0.29) is 18.3 Å². The minimum atomic E-state index is 0. The molecule has 0 unspecified atom stereocenters. The Hall–Kier alpha value is -1.26. The number of nitrogens with zero attached hydrogens (tertiary/aromatic N) is 1. The highest BCUT2D eigenvalue weighted by molar-refractivity contribution is 5.85. The van der Waals surface area contributed by atoms with Crippen molar-refractivity contribution in [3.05, 3.63) is 29.8 Å². The molecule has 23 heavy (non-hydrogen) atoms. The van der Waals surface area contributed by atoms with E-state index in [0.717, 1.165) is 25.1 Å². The number of halogens is 1. The van der Waals surface area contributed by atoms with Crippen LogP contribution in [0.5, 0.6) is 5.75 Å². The number of benzene rings is 1. The lowest BCUT2D eigenvalue weighted by molar-refractivity contribution is -0.121. The molecule has 0 radical (unpaired) electrons. The summed E-state index contributed by atoms with van der Waals surface area (Å²) in [5.74, 6) is 1.00. The standard InChI is InChI=1S/C18H28N2O2.ClH/c1-22-17-9-6-16(7-10-17)8-11-18(21)19-12-2-3-13-20-14-4-5-15-20;/h6-7,9-10H,2-5,8,11-15H2,1H3,(H,19,21);1H. The van der Waals surface area contributed by atoms with Gasteiger partial charge in [-0.3, -0.25) is 4.79 Å². The summed E-state index contributed by atoms with van der Waals surface area (Å²) in [6.07, 6.45) is 6.29. The van der Waals surface area contributed by atoms with Gasteiger partial charge in [0.05, 0.1) is 7.11 Å². The number of aryl methyl sites for hydroxylation is 1. The normalized spacial score (nSPS) is 14.3. The molecule has 1 aromatic rings. The molecule has 5 heteroatoms. The quantitative estimate of drug-likeness (QED) is 0.702. The van der Waals surface area contributed by atoms with E-state index < -0.39 is 0 Å². The number of unbranched alkanes of at least 4 members (excludes halogenated alkanes) is 1. The van der Waals surface area contributed by atoms with Crippen molar-refractivity contribution >= 4 is 18.3 Å². The average Bonchev–Trinajstić information content (AvgIpc) is 3.06. The zero-order valence-electron chi connectivity index (χ0n) is 14.1. The van der Waals surface area contributed by atoms with Gasteiger partial charge < -0.3 is 15.0 Å². The number of amides is 1. The maximum absolute atomic E-state index is 11.8. The number of rotatable bonds is 9. The fraction of sp³-hybridized carbons (Fsp3) is 0.611. The maximum Gasteiger partial charge on any atom is 0.220 e. The van der Waals surface area contributed by atoms with Gasteiger partial charge in [-0.1, -0.05) is 12.1 Å². The fourth-order valence-corrected chi connectivity index (χ4v) is 2.83.